The van der Waals surface area contributed by atoms with Crippen molar-refractivity contribution >= 4 is 0 Å². The minimum atomic E-state index is 0.719. The summed E-state index contributed by atoms with van der Waals surface area (Å²) in [5, 5.41) is 3.58. The summed E-state index contributed by atoms with van der Waals surface area (Å²) >= 11 is 0. The lowest BCUT2D eigenvalue weighted by atomic mass is 10.00. The molecule has 3 unspecified atom stereocenters. The molecule has 0 aliphatic heterocycles. The Balaban J connectivity index is 1.49. The zero-order valence-electron chi connectivity index (χ0n) is 9.22. The van der Waals surface area contributed by atoms with E-state index in [1.54, 1.807) is 0 Å². The molecular formula is C12H23N. The van der Waals surface area contributed by atoms with Crippen LogP contribution in [-0.4, -0.2) is 12.6 Å². The second kappa shape index (κ2) is 3.61. The van der Waals surface area contributed by atoms with Crippen LogP contribution in [0, 0.1) is 23.7 Å². The highest BCUT2D eigenvalue weighted by Crippen LogP contribution is 2.75. The van der Waals surface area contributed by atoms with Crippen LogP contribution in [0.4, 0.5) is 0 Å². The Kier molecular flexibility index (Phi) is 2.64. The lowest BCUT2D eigenvalue weighted by Gasteiger charge is -2.13. The van der Waals surface area contributed by atoms with Crippen LogP contribution in [0.15, 0.2) is 0 Å². The molecule has 0 aromatic carbocycles. The fraction of sp³-hybridized carbons (Fsp3) is 1.00. The fourth-order valence-corrected chi connectivity index (χ4v) is 2.92. The third-order valence-electron chi connectivity index (χ3n) is 4.19. The van der Waals surface area contributed by atoms with Crippen molar-refractivity contribution in [3.63, 3.8) is 0 Å². The molecule has 0 amide bonds. The van der Waals surface area contributed by atoms with E-state index in [0.29, 0.717) is 0 Å². The maximum absolute atomic E-state index is 3.58. The van der Waals surface area contributed by atoms with Gasteiger partial charge in [-0.25, -0.2) is 0 Å². The Hall–Kier alpha value is -0.0400. The maximum Gasteiger partial charge on any atom is 0.00361 e. The van der Waals surface area contributed by atoms with E-state index in [1.807, 2.05) is 0 Å². The topological polar surface area (TPSA) is 12.0 Å². The lowest BCUT2D eigenvalue weighted by molar-refractivity contribution is 0.414. The van der Waals surface area contributed by atoms with Gasteiger partial charge >= 0.3 is 0 Å². The highest BCUT2D eigenvalue weighted by atomic mass is 14.9. The molecule has 2 aliphatic carbocycles. The summed E-state index contributed by atoms with van der Waals surface area (Å²) in [6.45, 7) is 8.12. The highest BCUT2D eigenvalue weighted by Gasteiger charge is 2.70. The largest absolute Gasteiger partial charge is 0.314 e. The maximum atomic E-state index is 3.58. The predicted octanol–water partition coefficient (Wildman–Crippen LogP) is 2.67. The van der Waals surface area contributed by atoms with Gasteiger partial charge in [-0.2, -0.15) is 0 Å². The molecule has 2 saturated carbocycles. The van der Waals surface area contributed by atoms with E-state index in [2.05, 4.69) is 26.1 Å². The van der Waals surface area contributed by atoms with E-state index < -0.39 is 0 Å². The quantitative estimate of drug-likeness (QED) is 0.664. The number of fused-ring (bicyclic) bond motifs is 1. The van der Waals surface area contributed by atoms with E-state index in [0.717, 1.165) is 17.9 Å². The molecule has 0 heterocycles. The van der Waals surface area contributed by atoms with Crippen LogP contribution in [0.3, 0.4) is 0 Å². The average molecular weight is 181 g/mol. The molecule has 0 spiro atoms. The molecule has 3 atom stereocenters. The van der Waals surface area contributed by atoms with E-state index >= 15 is 0 Å². The monoisotopic (exact) mass is 181 g/mol. The van der Waals surface area contributed by atoms with Crippen LogP contribution >= 0.6 is 0 Å². The number of nitrogens with one attached hydrogen (secondary N) is 1. The average Bonchev–Trinajstić information content (AvgIpc) is 2.99. The highest BCUT2D eigenvalue weighted by molar-refractivity contribution is 5.18. The van der Waals surface area contributed by atoms with E-state index in [-0.39, 0.29) is 0 Å². The van der Waals surface area contributed by atoms with Crippen molar-refractivity contribution in [3.8, 4) is 0 Å². The fourth-order valence-electron chi connectivity index (χ4n) is 2.92. The van der Waals surface area contributed by atoms with Crippen LogP contribution in [-0.2, 0) is 0 Å². The minimum Gasteiger partial charge on any atom is -0.314 e. The number of rotatable bonds is 6. The second-order valence-corrected chi connectivity index (χ2v) is 4.94. The first-order valence-electron chi connectivity index (χ1n) is 6.03. The van der Waals surface area contributed by atoms with Gasteiger partial charge in [0.1, 0.15) is 0 Å². The Labute approximate surface area is 82.3 Å². The van der Waals surface area contributed by atoms with Gasteiger partial charge in [0.15, 0.2) is 0 Å². The smallest absolute Gasteiger partial charge is 0.00361 e. The molecule has 0 saturated heterocycles. The molecule has 76 valence electrons. The van der Waals surface area contributed by atoms with Gasteiger partial charge < -0.3 is 5.32 Å². The third-order valence-corrected chi connectivity index (χ3v) is 4.19. The summed E-state index contributed by atoms with van der Waals surface area (Å²) in [6, 6.07) is 0.719. The van der Waals surface area contributed by atoms with E-state index in [4.69, 9.17) is 0 Å². The number of hydrogen-bond donors (Lipinski definition) is 1. The van der Waals surface area contributed by atoms with Gasteiger partial charge in [0.05, 0.1) is 0 Å². The number of hydrogen-bond acceptors (Lipinski definition) is 1. The zero-order chi connectivity index (χ0) is 9.42. The predicted molar refractivity (Wildman–Crippen MR) is 56.6 cm³/mol. The SMILES string of the molecule is CCC(C)NCCC1C2C(CC)C12. The molecule has 2 fully saturated rings. The molecule has 1 nitrogen and oxygen atoms in total. The van der Waals surface area contributed by atoms with Crippen molar-refractivity contribution in [2.24, 2.45) is 23.7 Å². The van der Waals surface area contributed by atoms with Crippen molar-refractivity contribution in [1.82, 2.24) is 5.32 Å². The minimum absolute atomic E-state index is 0.719. The Morgan fingerprint density at radius 2 is 1.85 bits per heavy atom. The van der Waals surface area contributed by atoms with Crippen molar-refractivity contribution in [2.75, 3.05) is 6.54 Å². The van der Waals surface area contributed by atoms with Gasteiger partial charge in [-0.05, 0) is 50.0 Å². The summed E-state index contributed by atoms with van der Waals surface area (Å²) in [7, 11) is 0. The molecule has 1 heteroatoms. The second-order valence-electron chi connectivity index (χ2n) is 4.94. The molecule has 0 radical (unpaired) electrons. The standard InChI is InChI=1S/C12H23N/c1-4-8(3)13-7-6-10-11-9(5-2)12(10)11/h8-13H,4-7H2,1-3H3. The van der Waals surface area contributed by atoms with E-state index in [1.165, 1.54) is 37.6 Å². The first-order valence-corrected chi connectivity index (χ1v) is 6.03. The summed E-state index contributed by atoms with van der Waals surface area (Å²) < 4.78 is 0. The molecule has 0 aromatic rings. The van der Waals surface area contributed by atoms with Crippen LogP contribution in [0.1, 0.15) is 40.0 Å². The normalized spacial score (nSPS) is 42.7. The lowest BCUT2D eigenvalue weighted by Crippen LogP contribution is -2.27. The van der Waals surface area contributed by atoms with E-state index in [9.17, 15) is 0 Å². The van der Waals surface area contributed by atoms with Crippen LogP contribution in [0.5, 0.6) is 0 Å². The van der Waals surface area contributed by atoms with Crippen LogP contribution in [0.25, 0.3) is 0 Å². The molecular weight excluding hydrogens is 158 g/mol. The molecule has 1 N–H and O–H groups in total. The first-order chi connectivity index (χ1) is 6.29. The van der Waals surface area contributed by atoms with Crippen molar-refractivity contribution in [1.29, 1.82) is 0 Å². The van der Waals surface area contributed by atoms with Gasteiger partial charge in [-0.15, -0.1) is 0 Å². The van der Waals surface area contributed by atoms with Gasteiger partial charge in [0, 0.05) is 6.04 Å². The molecule has 2 rings (SSSR count). The van der Waals surface area contributed by atoms with Crippen LogP contribution < -0.4 is 5.32 Å². The molecule has 0 aromatic heterocycles. The van der Waals surface area contributed by atoms with Gasteiger partial charge in [-0.3, -0.25) is 0 Å². The Morgan fingerprint density at radius 1 is 1.15 bits per heavy atom. The van der Waals surface area contributed by atoms with Gasteiger partial charge in [0.2, 0.25) is 0 Å². The Bertz CT molecular complexity index is 168. The first kappa shape index (κ1) is 9.51. The summed E-state index contributed by atoms with van der Waals surface area (Å²) in [4.78, 5) is 0. The Morgan fingerprint density at radius 3 is 2.38 bits per heavy atom. The van der Waals surface area contributed by atoms with Gasteiger partial charge in [-0.1, -0.05) is 20.3 Å². The summed E-state index contributed by atoms with van der Waals surface area (Å²) in [5.41, 5.74) is 0. The van der Waals surface area contributed by atoms with Crippen molar-refractivity contribution < 1.29 is 0 Å². The summed E-state index contributed by atoms with van der Waals surface area (Å²) in [6.07, 6.45) is 4.13. The third kappa shape index (κ3) is 1.76. The van der Waals surface area contributed by atoms with Gasteiger partial charge in [0.25, 0.3) is 0 Å². The zero-order valence-corrected chi connectivity index (χ0v) is 9.22. The molecule has 2 aliphatic rings. The molecule has 13 heavy (non-hydrogen) atoms. The molecule has 0 bridgehead atoms. The summed E-state index contributed by atoms with van der Waals surface area (Å²) in [5.74, 6) is 4.61. The van der Waals surface area contributed by atoms with Crippen molar-refractivity contribution in [3.05, 3.63) is 0 Å². The van der Waals surface area contributed by atoms with Crippen LogP contribution in [0.2, 0.25) is 0 Å². The van der Waals surface area contributed by atoms with Crippen molar-refractivity contribution in [2.45, 2.75) is 46.1 Å².